The molecule has 1 aromatic heterocycles. The van der Waals surface area contributed by atoms with Gasteiger partial charge in [0.25, 0.3) is 0 Å². The SMILES string of the molecule is Cc1cc(=O)oc2cc(NC(=O)[C@H](CCCNC(=N)N)NC(=O)[C@@H]3CCCN3C(=O)OCc3ccccc3)ccc12. The zero-order chi connectivity index (χ0) is 29.4. The molecule has 12 heteroatoms. The molecule has 6 N–H and O–H groups in total. The lowest BCUT2D eigenvalue weighted by Crippen LogP contribution is -2.52. The molecular weight excluding hydrogens is 528 g/mol. The topological polar surface area (TPSA) is 180 Å². The summed E-state index contributed by atoms with van der Waals surface area (Å²) < 4.78 is 10.7. The second-order valence-corrected chi connectivity index (χ2v) is 9.88. The van der Waals surface area contributed by atoms with Crippen LogP contribution in [0.5, 0.6) is 0 Å². The third-order valence-electron chi connectivity index (χ3n) is 6.83. The number of nitrogens with zero attached hydrogens (tertiary/aromatic N) is 1. The lowest BCUT2D eigenvalue weighted by Gasteiger charge is -2.26. The summed E-state index contributed by atoms with van der Waals surface area (Å²) in [6, 6.07) is 13.9. The van der Waals surface area contributed by atoms with E-state index in [2.05, 4.69) is 16.0 Å². The van der Waals surface area contributed by atoms with Gasteiger partial charge in [-0.15, -0.1) is 0 Å². The number of carbonyl (C=O) groups is 3. The number of likely N-dealkylation sites (tertiary alicyclic amines) is 1. The molecule has 3 amide bonds. The summed E-state index contributed by atoms with van der Waals surface area (Å²) in [5, 5.41) is 16.3. The Bertz CT molecular complexity index is 1470. The van der Waals surface area contributed by atoms with Crippen molar-refractivity contribution in [2.24, 2.45) is 5.73 Å². The average Bonchev–Trinajstić information content (AvgIpc) is 3.44. The molecule has 1 aliphatic rings. The van der Waals surface area contributed by atoms with Crippen molar-refractivity contribution in [3.05, 3.63) is 76.1 Å². The maximum atomic E-state index is 13.3. The van der Waals surface area contributed by atoms with Gasteiger partial charge in [-0.3, -0.25) is 19.9 Å². The predicted octanol–water partition coefficient (Wildman–Crippen LogP) is 2.59. The van der Waals surface area contributed by atoms with Gasteiger partial charge in [0.05, 0.1) is 0 Å². The molecule has 1 aliphatic heterocycles. The maximum absolute atomic E-state index is 13.3. The standard InChI is InChI=1S/C29H34N6O6/c1-18-15-25(36)41-24-16-20(11-12-21(18)24)33-26(37)22(9-5-13-32-28(30)31)34-27(38)23-10-6-14-35(23)29(39)40-17-19-7-3-2-4-8-19/h2-4,7-8,11-12,15-16,22-23H,5-6,9-10,13-14,17H2,1H3,(H,33,37)(H,34,38)(H4,30,31,32)/t22-,23-/m0/s1. The second kappa shape index (κ2) is 13.5. The van der Waals surface area contributed by atoms with Crippen molar-refractivity contribution in [3.63, 3.8) is 0 Å². The van der Waals surface area contributed by atoms with Gasteiger partial charge in [0.2, 0.25) is 11.8 Å². The minimum atomic E-state index is -0.945. The van der Waals surface area contributed by atoms with Crippen LogP contribution in [-0.2, 0) is 20.9 Å². The number of fused-ring (bicyclic) bond motifs is 1. The Hall–Kier alpha value is -4.87. The summed E-state index contributed by atoms with van der Waals surface area (Å²) in [6.07, 6.45) is 1.14. The summed E-state index contributed by atoms with van der Waals surface area (Å²) in [4.78, 5) is 52.6. The molecule has 2 atom stereocenters. The highest BCUT2D eigenvalue weighted by Gasteiger charge is 2.36. The van der Waals surface area contributed by atoms with Crippen molar-refractivity contribution < 1.29 is 23.5 Å². The lowest BCUT2D eigenvalue weighted by molar-refractivity contribution is -0.129. The van der Waals surface area contributed by atoms with E-state index in [0.717, 1.165) is 16.5 Å². The molecule has 2 aromatic carbocycles. The van der Waals surface area contributed by atoms with Gasteiger partial charge in [-0.2, -0.15) is 0 Å². The van der Waals surface area contributed by atoms with E-state index >= 15 is 0 Å². The third kappa shape index (κ3) is 7.84. The van der Waals surface area contributed by atoms with E-state index < -0.39 is 35.6 Å². The summed E-state index contributed by atoms with van der Waals surface area (Å²) in [5.41, 5.74) is 7.16. The van der Waals surface area contributed by atoms with Gasteiger partial charge in [0.1, 0.15) is 24.3 Å². The number of amides is 3. The van der Waals surface area contributed by atoms with Crippen molar-refractivity contribution in [3.8, 4) is 0 Å². The summed E-state index contributed by atoms with van der Waals surface area (Å²) >= 11 is 0. The van der Waals surface area contributed by atoms with E-state index in [4.69, 9.17) is 20.3 Å². The van der Waals surface area contributed by atoms with Crippen LogP contribution in [-0.4, -0.2) is 53.9 Å². The number of benzene rings is 2. The summed E-state index contributed by atoms with van der Waals surface area (Å²) in [5.74, 6) is -1.13. The summed E-state index contributed by atoms with van der Waals surface area (Å²) in [7, 11) is 0. The molecule has 0 radical (unpaired) electrons. The number of rotatable bonds is 10. The first-order valence-corrected chi connectivity index (χ1v) is 13.4. The van der Waals surface area contributed by atoms with Crippen molar-refractivity contribution in [2.45, 2.75) is 51.3 Å². The van der Waals surface area contributed by atoms with E-state index in [-0.39, 0.29) is 19.0 Å². The van der Waals surface area contributed by atoms with Crippen LogP contribution in [0.25, 0.3) is 11.0 Å². The second-order valence-electron chi connectivity index (χ2n) is 9.88. The normalized spacial score (nSPS) is 15.2. The zero-order valence-corrected chi connectivity index (χ0v) is 22.8. The lowest BCUT2D eigenvalue weighted by atomic mass is 10.1. The molecule has 0 unspecified atom stereocenters. The van der Waals surface area contributed by atoms with Gasteiger partial charge in [0, 0.05) is 36.3 Å². The number of nitrogens with two attached hydrogens (primary N) is 1. The molecular formula is C29H34N6O6. The highest BCUT2D eigenvalue weighted by molar-refractivity contribution is 5.99. The Morgan fingerprint density at radius 3 is 2.71 bits per heavy atom. The van der Waals surface area contributed by atoms with Crippen LogP contribution in [0.15, 0.2) is 63.8 Å². The molecule has 216 valence electrons. The molecule has 41 heavy (non-hydrogen) atoms. The molecule has 0 spiro atoms. The molecule has 1 fully saturated rings. The van der Waals surface area contributed by atoms with E-state index in [1.165, 1.54) is 11.0 Å². The number of ether oxygens (including phenoxy) is 1. The van der Waals surface area contributed by atoms with E-state index in [1.54, 1.807) is 25.1 Å². The number of aryl methyl sites for hydroxylation is 1. The van der Waals surface area contributed by atoms with Crippen LogP contribution < -0.4 is 27.3 Å². The smallest absolute Gasteiger partial charge is 0.410 e. The van der Waals surface area contributed by atoms with Crippen LogP contribution >= 0.6 is 0 Å². The Balaban J connectivity index is 1.43. The van der Waals surface area contributed by atoms with Crippen LogP contribution in [0, 0.1) is 12.3 Å². The van der Waals surface area contributed by atoms with E-state index in [1.807, 2.05) is 30.3 Å². The van der Waals surface area contributed by atoms with Crippen LogP contribution in [0.4, 0.5) is 10.5 Å². The number of nitrogens with one attached hydrogen (secondary N) is 4. The molecule has 0 saturated carbocycles. The van der Waals surface area contributed by atoms with Crippen molar-refractivity contribution in [1.82, 2.24) is 15.5 Å². The fourth-order valence-electron chi connectivity index (χ4n) is 4.76. The molecule has 0 bridgehead atoms. The Kier molecular flexibility index (Phi) is 9.56. The van der Waals surface area contributed by atoms with Gasteiger partial charge < -0.3 is 30.8 Å². The average molecular weight is 563 g/mol. The zero-order valence-electron chi connectivity index (χ0n) is 22.8. The van der Waals surface area contributed by atoms with Gasteiger partial charge in [-0.25, -0.2) is 9.59 Å². The maximum Gasteiger partial charge on any atom is 0.410 e. The van der Waals surface area contributed by atoms with Gasteiger partial charge >= 0.3 is 11.7 Å². The molecule has 12 nitrogen and oxygen atoms in total. The fraction of sp³-hybridized carbons (Fsp3) is 0.345. The van der Waals surface area contributed by atoms with Gasteiger partial charge in [0.15, 0.2) is 5.96 Å². The van der Waals surface area contributed by atoms with Crippen molar-refractivity contribution in [2.75, 3.05) is 18.4 Å². The number of guanidine groups is 1. The predicted molar refractivity (Wildman–Crippen MR) is 153 cm³/mol. The van der Waals surface area contributed by atoms with Crippen molar-refractivity contribution >= 4 is 40.5 Å². The molecule has 3 aromatic rings. The molecule has 1 saturated heterocycles. The monoisotopic (exact) mass is 562 g/mol. The van der Waals surface area contributed by atoms with Crippen molar-refractivity contribution in [1.29, 1.82) is 5.41 Å². The highest BCUT2D eigenvalue weighted by Crippen LogP contribution is 2.22. The summed E-state index contributed by atoms with van der Waals surface area (Å²) in [6.45, 7) is 2.58. The largest absolute Gasteiger partial charge is 0.445 e. The number of carbonyl (C=O) groups excluding carboxylic acids is 3. The van der Waals surface area contributed by atoms with Crippen LogP contribution in [0.1, 0.15) is 36.8 Å². The fourth-order valence-corrected chi connectivity index (χ4v) is 4.76. The number of hydrogen-bond acceptors (Lipinski definition) is 7. The van der Waals surface area contributed by atoms with Gasteiger partial charge in [-0.1, -0.05) is 30.3 Å². The first-order valence-electron chi connectivity index (χ1n) is 13.4. The van der Waals surface area contributed by atoms with E-state index in [9.17, 15) is 19.2 Å². The Labute approximate surface area is 236 Å². The number of hydrogen-bond donors (Lipinski definition) is 5. The van der Waals surface area contributed by atoms with Crippen LogP contribution in [0.3, 0.4) is 0 Å². The quantitative estimate of drug-likeness (QED) is 0.108. The minimum Gasteiger partial charge on any atom is -0.445 e. The Morgan fingerprint density at radius 1 is 1.17 bits per heavy atom. The van der Waals surface area contributed by atoms with Crippen LogP contribution in [0.2, 0.25) is 0 Å². The highest BCUT2D eigenvalue weighted by atomic mass is 16.6. The minimum absolute atomic E-state index is 0.0874. The Morgan fingerprint density at radius 2 is 1.95 bits per heavy atom. The first kappa shape index (κ1) is 29.1. The van der Waals surface area contributed by atoms with Gasteiger partial charge in [-0.05, 0) is 55.9 Å². The van der Waals surface area contributed by atoms with E-state index in [0.29, 0.717) is 43.6 Å². The third-order valence-corrected chi connectivity index (χ3v) is 6.83. The first-order chi connectivity index (χ1) is 19.7. The molecule has 2 heterocycles. The molecule has 4 rings (SSSR count). The number of anilines is 1. The molecule has 0 aliphatic carbocycles.